The van der Waals surface area contributed by atoms with Crippen LogP contribution in [0.25, 0.3) is 5.76 Å². The Kier molecular flexibility index (Phi) is 7.00. The minimum atomic E-state index is -0.666. The molecule has 0 aromatic heterocycles. The number of unbranched alkanes of at least 4 members (excludes halogenated alkanes) is 1. The molecule has 1 saturated heterocycles. The second kappa shape index (κ2) is 9.69. The lowest BCUT2D eigenvalue weighted by atomic mass is 9.94. The van der Waals surface area contributed by atoms with E-state index in [4.69, 9.17) is 9.47 Å². The van der Waals surface area contributed by atoms with Gasteiger partial charge in [-0.05, 0) is 61.7 Å². The Bertz CT molecular complexity index is 993. The summed E-state index contributed by atoms with van der Waals surface area (Å²) in [6.07, 6.45) is 1.65. The highest BCUT2D eigenvalue weighted by molar-refractivity contribution is 6.46. The highest BCUT2D eigenvalue weighted by atomic mass is 16.5. The molecule has 31 heavy (non-hydrogen) atoms. The topological polar surface area (TPSA) is 76.1 Å². The Morgan fingerprint density at radius 3 is 2.39 bits per heavy atom. The summed E-state index contributed by atoms with van der Waals surface area (Å²) in [5, 5.41) is 11.1. The first-order chi connectivity index (χ1) is 14.9. The smallest absolute Gasteiger partial charge is 0.295 e. The van der Waals surface area contributed by atoms with Crippen molar-refractivity contribution in [2.24, 2.45) is 0 Å². The molecule has 2 aromatic rings. The number of Topliss-reactive ketones (excluding diaryl/α,β-unsaturated/α-hetero) is 1. The Hall–Kier alpha value is -3.28. The van der Waals surface area contributed by atoms with Crippen molar-refractivity contribution < 1.29 is 24.2 Å². The lowest BCUT2D eigenvalue weighted by Gasteiger charge is -2.25. The average molecular weight is 424 g/mol. The number of hydrogen-bond donors (Lipinski definition) is 1. The summed E-state index contributed by atoms with van der Waals surface area (Å²) in [6.45, 7) is 6.78. The van der Waals surface area contributed by atoms with Gasteiger partial charge in [0, 0.05) is 12.1 Å². The van der Waals surface area contributed by atoms with E-state index < -0.39 is 17.7 Å². The molecule has 0 spiro atoms. The molecule has 0 radical (unpaired) electrons. The summed E-state index contributed by atoms with van der Waals surface area (Å²) in [7, 11) is 1.58. The third-order valence-electron chi connectivity index (χ3n) is 5.47. The van der Waals surface area contributed by atoms with Crippen molar-refractivity contribution in [1.82, 2.24) is 4.90 Å². The number of ether oxygens (including phenoxy) is 2. The standard InChI is InChI=1S/C25H29NO5/c1-5-7-14-26-22(17-8-11-19(30-4)12-9-17)21(24(28)25(26)29)23(27)18-10-13-20(31-6-2)16(3)15-18/h8-13,15,22,27H,5-7,14H2,1-4H3/b23-21-. The molecule has 6 heteroatoms. The second-order valence-electron chi connectivity index (χ2n) is 7.53. The van der Waals surface area contributed by atoms with Gasteiger partial charge in [0.1, 0.15) is 17.3 Å². The third-order valence-corrected chi connectivity index (χ3v) is 5.47. The molecule has 1 fully saturated rings. The fourth-order valence-corrected chi connectivity index (χ4v) is 3.84. The molecule has 1 amide bonds. The number of ketones is 1. The number of amides is 1. The summed E-state index contributed by atoms with van der Waals surface area (Å²) in [5.41, 5.74) is 2.18. The molecule has 164 valence electrons. The number of carbonyl (C=O) groups is 2. The largest absolute Gasteiger partial charge is 0.507 e. The van der Waals surface area contributed by atoms with Crippen LogP contribution in [0, 0.1) is 6.92 Å². The molecule has 1 unspecified atom stereocenters. The summed E-state index contributed by atoms with van der Waals surface area (Å²) in [5.74, 6) is -0.0331. The van der Waals surface area contributed by atoms with E-state index in [2.05, 4.69) is 0 Å². The van der Waals surface area contributed by atoms with Crippen LogP contribution in [0.1, 0.15) is 49.4 Å². The van der Waals surface area contributed by atoms with Crippen molar-refractivity contribution in [3.8, 4) is 11.5 Å². The number of aryl methyl sites for hydroxylation is 1. The van der Waals surface area contributed by atoms with Crippen molar-refractivity contribution in [3.05, 3.63) is 64.7 Å². The minimum Gasteiger partial charge on any atom is -0.507 e. The second-order valence-corrected chi connectivity index (χ2v) is 7.53. The molecule has 1 aliphatic heterocycles. The van der Waals surface area contributed by atoms with E-state index in [1.54, 1.807) is 42.3 Å². The van der Waals surface area contributed by atoms with Crippen LogP contribution in [0.2, 0.25) is 0 Å². The quantitative estimate of drug-likeness (QED) is 0.381. The lowest BCUT2D eigenvalue weighted by molar-refractivity contribution is -0.139. The lowest BCUT2D eigenvalue weighted by Crippen LogP contribution is -2.30. The van der Waals surface area contributed by atoms with Gasteiger partial charge in [0.05, 0.1) is 25.3 Å². The van der Waals surface area contributed by atoms with Crippen LogP contribution < -0.4 is 9.47 Å². The van der Waals surface area contributed by atoms with Gasteiger partial charge in [-0.2, -0.15) is 0 Å². The number of hydrogen-bond acceptors (Lipinski definition) is 5. The van der Waals surface area contributed by atoms with Gasteiger partial charge in [-0.1, -0.05) is 25.5 Å². The van der Waals surface area contributed by atoms with Gasteiger partial charge in [0.25, 0.3) is 11.7 Å². The number of aliphatic hydroxyl groups excluding tert-OH is 1. The van der Waals surface area contributed by atoms with Crippen molar-refractivity contribution >= 4 is 17.4 Å². The number of likely N-dealkylation sites (tertiary alicyclic amines) is 1. The van der Waals surface area contributed by atoms with Gasteiger partial charge in [-0.25, -0.2) is 0 Å². The fourth-order valence-electron chi connectivity index (χ4n) is 3.84. The van der Waals surface area contributed by atoms with E-state index in [0.29, 0.717) is 30.2 Å². The summed E-state index contributed by atoms with van der Waals surface area (Å²) in [4.78, 5) is 27.4. The number of nitrogens with zero attached hydrogens (tertiary/aromatic N) is 1. The molecule has 2 aromatic carbocycles. The Labute approximate surface area is 183 Å². The number of methoxy groups -OCH3 is 1. The first kappa shape index (κ1) is 22.4. The van der Waals surface area contributed by atoms with Gasteiger partial charge in [0.15, 0.2) is 0 Å². The van der Waals surface area contributed by atoms with Crippen LogP contribution in [0.3, 0.4) is 0 Å². The predicted molar refractivity (Wildman–Crippen MR) is 119 cm³/mol. The van der Waals surface area contributed by atoms with E-state index >= 15 is 0 Å². The van der Waals surface area contributed by atoms with Gasteiger partial charge in [-0.15, -0.1) is 0 Å². The van der Waals surface area contributed by atoms with E-state index in [1.807, 2.05) is 32.9 Å². The molecular weight excluding hydrogens is 394 g/mol. The van der Waals surface area contributed by atoms with Gasteiger partial charge in [0.2, 0.25) is 0 Å². The maximum atomic E-state index is 13.0. The number of benzene rings is 2. The van der Waals surface area contributed by atoms with Crippen molar-refractivity contribution in [1.29, 1.82) is 0 Å². The number of carbonyl (C=O) groups excluding carboxylic acids is 2. The van der Waals surface area contributed by atoms with Crippen molar-refractivity contribution in [2.75, 3.05) is 20.3 Å². The monoisotopic (exact) mass is 423 g/mol. The maximum absolute atomic E-state index is 13.0. The van der Waals surface area contributed by atoms with E-state index in [0.717, 1.165) is 24.0 Å². The first-order valence-electron chi connectivity index (χ1n) is 10.6. The van der Waals surface area contributed by atoms with Gasteiger partial charge in [-0.3, -0.25) is 9.59 Å². The van der Waals surface area contributed by atoms with Crippen LogP contribution in [-0.4, -0.2) is 42.0 Å². The van der Waals surface area contributed by atoms with Crippen LogP contribution in [0.15, 0.2) is 48.0 Å². The predicted octanol–water partition coefficient (Wildman–Crippen LogP) is 4.62. The third kappa shape index (κ3) is 4.43. The fraction of sp³-hybridized carbons (Fsp3) is 0.360. The van der Waals surface area contributed by atoms with Gasteiger partial charge < -0.3 is 19.5 Å². The number of aliphatic hydroxyl groups is 1. The minimum absolute atomic E-state index is 0.106. The molecule has 0 saturated carbocycles. The molecule has 1 N–H and O–H groups in total. The molecule has 0 bridgehead atoms. The van der Waals surface area contributed by atoms with Gasteiger partial charge >= 0.3 is 0 Å². The van der Waals surface area contributed by atoms with Crippen LogP contribution >= 0.6 is 0 Å². The Balaban J connectivity index is 2.12. The summed E-state index contributed by atoms with van der Waals surface area (Å²) in [6, 6.07) is 11.8. The van der Waals surface area contributed by atoms with Crippen molar-refractivity contribution in [2.45, 2.75) is 39.7 Å². The molecule has 0 aliphatic carbocycles. The normalized spacial score (nSPS) is 17.8. The Morgan fingerprint density at radius 2 is 1.81 bits per heavy atom. The molecule has 3 rings (SSSR count). The number of rotatable bonds is 8. The van der Waals surface area contributed by atoms with Crippen molar-refractivity contribution in [3.63, 3.8) is 0 Å². The molecule has 1 heterocycles. The maximum Gasteiger partial charge on any atom is 0.295 e. The molecular formula is C25H29NO5. The molecule has 1 aliphatic rings. The highest BCUT2D eigenvalue weighted by Crippen LogP contribution is 2.40. The van der Waals surface area contributed by atoms with Crippen LogP contribution in [-0.2, 0) is 9.59 Å². The average Bonchev–Trinajstić information content (AvgIpc) is 3.03. The molecule has 1 atom stereocenters. The highest BCUT2D eigenvalue weighted by Gasteiger charge is 2.45. The SMILES string of the molecule is CCCCN1C(=O)C(=O)/C(=C(\O)c2ccc(OCC)c(C)c2)C1c1ccc(OC)cc1. The zero-order chi connectivity index (χ0) is 22.5. The van der Waals surface area contributed by atoms with E-state index in [9.17, 15) is 14.7 Å². The Morgan fingerprint density at radius 1 is 1.10 bits per heavy atom. The summed E-state index contributed by atoms with van der Waals surface area (Å²) >= 11 is 0. The first-order valence-corrected chi connectivity index (χ1v) is 10.6. The zero-order valence-corrected chi connectivity index (χ0v) is 18.5. The zero-order valence-electron chi connectivity index (χ0n) is 18.5. The van der Waals surface area contributed by atoms with Crippen LogP contribution in [0.5, 0.6) is 11.5 Å². The van der Waals surface area contributed by atoms with Crippen LogP contribution in [0.4, 0.5) is 0 Å². The van der Waals surface area contributed by atoms with E-state index in [1.165, 1.54) is 0 Å². The summed E-state index contributed by atoms with van der Waals surface area (Å²) < 4.78 is 10.8. The molecule has 6 nitrogen and oxygen atoms in total. The van der Waals surface area contributed by atoms with E-state index in [-0.39, 0.29) is 11.3 Å².